The lowest BCUT2D eigenvalue weighted by molar-refractivity contribution is -0.147. The van der Waals surface area contributed by atoms with Crippen molar-refractivity contribution in [3.05, 3.63) is 35.4 Å². The fourth-order valence-electron chi connectivity index (χ4n) is 2.84. The number of carbonyl (C=O) groups is 3. The van der Waals surface area contributed by atoms with Crippen molar-refractivity contribution in [2.75, 3.05) is 32.4 Å². The van der Waals surface area contributed by atoms with Gasteiger partial charge >= 0.3 is 5.97 Å². The summed E-state index contributed by atoms with van der Waals surface area (Å²) in [6.07, 6.45) is 1.25. The minimum absolute atomic E-state index is 0.0391. The van der Waals surface area contributed by atoms with Gasteiger partial charge < -0.3 is 14.9 Å². The second kappa shape index (κ2) is 9.97. The summed E-state index contributed by atoms with van der Waals surface area (Å²) in [4.78, 5) is 38.6. The zero-order valence-electron chi connectivity index (χ0n) is 15.3. The topological polar surface area (TPSA) is 102 Å². The predicted octanol–water partition coefficient (Wildman–Crippen LogP) is 1.57. The average Bonchev–Trinajstić information content (AvgIpc) is 2.68. The standard InChI is InChI=1S/C19H23N3O4S/c1-21(11-17(23)22-8-2-3-16(10-22)19(25)26)18(24)13-27-12-15-6-4-14(9-20)5-7-15/h4-7,16H,2-3,8,10-13H2,1H3,(H,25,26). The number of carbonyl (C=O) groups excluding carboxylic acids is 2. The Morgan fingerprint density at radius 3 is 2.67 bits per heavy atom. The van der Waals surface area contributed by atoms with E-state index in [9.17, 15) is 14.4 Å². The van der Waals surface area contributed by atoms with Crippen molar-refractivity contribution in [2.45, 2.75) is 18.6 Å². The minimum atomic E-state index is -0.879. The third-order valence-corrected chi connectivity index (χ3v) is 5.49. The highest BCUT2D eigenvalue weighted by atomic mass is 32.2. The normalized spacial score (nSPS) is 16.4. The molecule has 144 valence electrons. The largest absolute Gasteiger partial charge is 0.481 e. The zero-order chi connectivity index (χ0) is 19.8. The van der Waals surface area contributed by atoms with Gasteiger partial charge in [-0.2, -0.15) is 5.26 Å². The molecule has 1 aliphatic rings. The molecule has 1 fully saturated rings. The number of thioether (sulfide) groups is 1. The summed E-state index contributed by atoms with van der Waals surface area (Å²) in [6, 6.07) is 9.26. The van der Waals surface area contributed by atoms with Gasteiger partial charge in [-0.1, -0.05) is 12.1 Å². The first-order chi connectivity index (χ1) is 12.9. The second-order valence-corrected chi connectivity index (χ2v) is 7.55. The molecule has 7 nitrogen and oxygen atoms in total. The van der Waals surface area contributed by atoms with Gasteiger partial charge in [0.15, 0.2) is 0 Å². The van der Waals surface area contributed by atoms with Crippen LogP contribution in [0, 0.1) is 17.2 Å². The van der Waals surface area contributed by atoms with E-state index >= 15 is 0 Å². The van der Waals surface area contributed by atoms with E-state index in [1.165, 1.54) is 21.6 Å². The van der Waals surface area contributed by atoms with Crippen LogP contribution >= 0.6 is 11.8 Å². The van der Waals surface area contributed by atoms with Crippen LogP contribution in [0.3, 0.4) is 0 Å². The van der Waals surface area contributed by atoms with E-state index in [1.54, 1.807) is 19.2 Å². The smallest absolute Gasteiger partial charge is 0.308 e. The van der Waals surface area contributed by atoms with Crippen molar-refractivity contribution in [1.82, 2.24) is 9.80 Å². The maximum atomic E-state index is 12.3. The lowest BCUT2D eigenvalue weighted by atomic mass is 9.98. The Morgan fingerprint density at radius 2 is 2.04 bits per heavy atom. The molecule has 2 amide bonds. The number of aliphatic carboxylic acids is 1. The minimum Gasteiger partial charge on any atom is -0.481 e. The molecule has 1 aromatic rings. The molecule has 8 heteroatoms. The van der Waals surface area contributed by atoms with Crippen molar-refractivity contribution in [3.8, 4) is 6.07 Å². The number of carboxylic acid groups (broad SMARTS) is 1. The Labute approximate surface area is 162 Å². The van der Waals surface area contributed by atoms with Crippen LogP contribution in [0.4, 0.5) is 0 Å². The average molecular weight is 389 g/mol. The maximum Gasteiger partial charge on any atom is 0.308 e. The van der Waals surface area contributed by atoms with Crippen LogP contribution in [0.1, 0.15) is 24.0 Å². The molecule has 1 aromatic carbocycles. The highest BCUT2D eigenvalue weighted by molar-refractivity contribution is 7.99. The van der Waals surface area contributed by atoms with Crippen LogP contribution in [-0.4, -0.2) is 65.1 Å². The van der Waals surface area contributed by atoms with E-state index in [-0.39, 0.29) is 30.7 Å². The Bertz CT molecular complexity index is 729. The van der Waals surface area contributed by atoms with Crippen LogP contribution in [0.2, 0.25) is 0 Å². The van der Waals surface area contributed by atoms with Crippen molar-refractivity contribution in [1.29, 1.82) is 5.26 Å². The van der Waals surface area contributed by atoms with E-state index in [4.69, 9.17) is 10.4 Å². The molecule has 0 aliphatic carbocycles. The van der Waals surface area contributed by atoms with E-state index in [0.717, 1.165) is 5.56 Å². The fourth-order valence-corrected chi connectivity index (χ4v) is 3.76. The number of nitriles is 1. The Kier molecular flexibility index (Phi) is 7.67. The van der Waals surface area contributed by atoms with Gasteiger partial charge in [0.2, 0.25) is 11.8 Å². The summed E-state index contributed by atoms with van der Waals surface area (Å²) in [7, 11) is 1.58. The lowest BCUT2D eigenvalue weighted by Gasteiger charge is -2.32. The van der Waals surface area contributed by atoms with Crippen molar-refractivity contribution >= 4 is 29.5 Å². The van der Waals surface area contributed by atoms with Crippen molar-refractivity contribution < 1.29 is 19.5 Å². The van der Waals surface area contributed by atoms with E-state index in [2.05, 4.69) is 6.07 Å². The molecule has 0 spiro atoms. The monoisotopic (exact) mass is 389 g/mol. The Balaban J connectivity index is 1.75. The predicted molar refractivity (Wildman–Crippen MR) is 102 cm³/mol. The Hall–Kier alpha value is -2.53. The van der Waals surface area contributed by atoms with E-state index in [1.807, 2.05) is 12.1 Å². The van der Waals surface area contributed by atoms with Crippen molar-refractivity contribution in [3.63, 3.8) is 0 Å². The number of piperidine rings is 1. The van der Waals surface area contributed by atoms with Crippen molar-refractivity contribution in [2.24, 2.45) is 5.92 Å². The van der Waals surface area contributed by atoms with Crippen LogP contribution in [0.15, 0.2) is 24.3 Å². The molecule has 27 heavy (non-hydrogen) atoms. The first-order valence-corrected chi connectivity index (χ1v) is 9.87. The van der Waals surface area contributed by atoms with Crippen LogP contribution in [0.5, 0.6) is 0 Å². The molecular formula is C19H23N3O4S. The van der Waals surface area contributed by atoms with Gasteiger partial charge in [-0.15, -0.1) is 11.8 Å². The van der Waals surface area contributed by atoms with Crippen LogP contribution < -0.4 is 0 Å². The maximum absolute atomic E-state index is 12.3. The van der Waals surface area contributed by atoms with Gasteiger partial charge in [0.25, 0.3) is 0 Å². The number of hydrogen-bond donors (Lipinski definition) is 1. The first kappa shape index (κ1) is 20.8. The highest BCUT2D eigenvalue weighted by Gasteiger charge is 2.28. The number of carboxylic acids is 1. The summed E-state index contributed by atoms with van der Waals surface area (Å²) < 4.78 is 0. The van der Waals surface area contributed by atoms with Gasteiger partial charge in [0.05, 0.1) is 29.8 Å². The summed E-state index contributed by atoms with van der Waals surface area (Å²) in [5.74, 6) is -0.863. The summed E-state index contributed by atoms with van der Waals surface area (Å²) in [6.45, 7) is 0.713. The van der Waals surface area contributed by atoms with E-state index < -0.39 is 11.9 Å². The number of likely N-dealkylation sites (N-methyl/N-ethyl adjacent to an activating group) is 1. The Morgan fingerprint density at radius 1 is 1.33 bits per heavy atom. The number of rotatable bonds is 7. The summed E-state index contributed by atoms with van der Waals surface area (Å²) in [5, 5.41) is 17.9. The molecule has 0 saturated carbocycles. The molecule has 2 rings (SSSR count). The molecule has 1 aliphatic heterocycles. The molecule has 0 bridgehead atoms. The molecule has 0 radical (unpaired) electrons. The summed E-state index contributed by atoms with van der Waals surface area (Å²) in [5.41, 5.74) is 1.62. The first-order valence-electron chi connectivity index (χ1n) is 8.72. The second-order valence-electron chi connectivity index (χ2n) is 6.57. The summed E-state index contributed by atoms with van der Waals surface area (Å²) >= 11 is 1.45. The highest BCUT2D eigenvalue weighted by Crippen LogP contribution is 2.17. The molecule has 1 N–H and O–H groups in total. The molecule has 1 atom stereocenters. The number of benzene rings is 1. The third-order valence-electron chi connectivity index (χ3n) is 4.50. The number of amides is 2. The molecule has 1 unspecified atom stereocenters. The fraction of sp³-hybridized carbons (Fsp3) is 0.474. The van der Waals surface area contributed by atoms with Crippen LogP contribution in [-0.2, 0) is 20.1 Å². The van der Waals surface area contributed by atoms with Gasteiger partial charge in [-0.05, 0) is 30.5 Å². The number of likely N-dealkylation sites (tertiary alicyclic amines) is 1. The van der Waals surface area contributed by atoms with Gasteiger partial charge in [0.1, 0.15) is 0 Å². The van der Waals surface area contributed by atoms with Crippen LogP contribution in [0.25, 0.3) is 0 Å². The molecule has 1 saturated heterocycles. The van der Waals surface area contributed by atoms with E-state index in [0.29, 0.717) is 30.7 Å². The van der Waals surface area contributed by atoms with Gasteiger partial charge in [-0.3, -0.25) is 14.4 Å². The van der Waals surface area contributed by atoms with Gasteiger partial charge in [-0.25, -0.2) is 0 Å². The van der Waals surface area contributed by atoms with Gasteiger partial charge in [0, 0.05) is 25.9 Å². The third kappa shape index (κ3) is 6.29. The number of hydrogen-bond acceptors (Lipinski definition) is 5. The number of nitrogens with zero attached hydrogens (tertiary/aromatic N) is 3. The molecular weight excluding hydrogens is 366 g/mol. The SMILES string of the molecule is CN(CC(=O)N1CCCC(C(=O)O)C1)C(=O)CSCc1ccc(C#N)cc1. The molecule has 1 heterocycles. The molecule has 0 aromatic heterocycles. The quantitative estimate of drug-likeness (QED) is 0.760. The lowest BCUT2D eigenvalue weighted by Crippen LogP contribution is -2.47. The zero-order valence-corrected chi connectivity index (χ0v) is 16.1.